The van der Waals surface area contributed by atoms with Gasteiger partial charge in [0, 0.05) is 30.1 Å². The minimum atomic E-state index is -3.58. The van der Waals surface area contributed by atoms with Crippen LogP contribution in [-0.2, 0) is 10.0 Å². The van der Waals surface area contributed by atoms with Gasteiger partial charge in [0.15, 0.2) is 0 Å². The predicted octanol–water partition coefficient (Wildman–Crippen LogP) is 2.75. The molecule has 1 N–H and O–H groups in total. The monoisotopic (exact) mass is 378 g/mol. The number of methoxy groups -OCH3 is 1. The Kier molecular flexibility index (Phi) is 5.68. The fourth-order valence-corrected chi connectivity index (χ4v) is 5.08. The third-order valence-electron chi connectivity index (χ3n) is 4.36. The first-order valence-corrected chi connectivity index (χ1v) is 10.7. The molecule has 0 aromatic heterocycles. The van der Waals surface area contributed by atoms with Gasteiger partial charge in [-0.2, -0.15) is 4.31 Å². The summed E-state index contributed by atoms with van der Waals surface area (Å²) in [6, 6.07) is 14.3. The van der Waals surface area contributed by atoms with Gasteiger partial charge in [-0.25, -0.2) is 8.42 Å². The van der Waals surface area contributed by atoms with Gasteiger partial charge in [-0.3, -0.25) is 0 Å². The summed E-state index contributed by atoms with van der Waals surface area (Å²) in [6.45, 7) is 1.62. The summed E-state index contributed by atoms with van der Waals surface area (Å²) in [5.74, 6) is 0.703. The number of thioether (sulfide) groups is 1. The molecule has 1 fully saturated rings. The Morgan fingerprint density at radius 3 is 2.56 bits per heavy atom. The van der Waals surface area contributed by atoms with E-state index >= 15 is 0 Å². The van der Waals surface area contributed by atoms with E-state index in [4.69, 9.17) is 4.74 Å². The summed E-state index contributed by atoms with van der Waals surface area (Å²) in [5, 5.41) is 3.29. The molecular weight excluding hydrogens is 356 g/mol. The van der Waals surface area contributed by atoms with Crippen molar-refractivity contribution in [3.05, 3.63) is 54.1 Å². The molecule has 2 aromatic rings. The van der Waals surface area contributed by atoms with Gasteiger partial charge in [0.05, 0.1) is 18.0 Å². The molecule has 0 bridgehead atoms. The molecule has 0 saturated carbocycles. The van der Waals surface area contributed by atoms with E-state index in [2.05, 4.69) is 5.32 Å². The van der Waals surface area contributed by atoms with Crippen LogP contribution in [0.15, 0.2) is 58.3 Å². The molecule has 0 aliphatic carbocycles. The van der Waals surface area contributed by atoms with Crippen molar-refractivity contribution in [2.24, 2.45) is 0 Å². The fraction of sp³-hybridized carbons (Fsp3) is 0.333. The minimum Gasteiger partial charge on any atom is -0.496 e. The molecule has 1 heterocycles. The highest BCUT2D eigenvalue weighted by Crippen LogP contribution is 2.34. The number of hydrogen-bond donors (Lipinski definition) is 1. The topological polar surface area (TPSA) is 58.6 Å². The quantitative estimate of drug-likeness (QED) is 0.811. The maximum atomic E-state index is 13.2. The summed E-state index contributed by atoms with van der Waals surface area (Å²) in [5.41, 5.74) is 0.876. The number of ether oxygens (including phenoxy) is 1. The zero-order valence-electron chi connectivity index (χ0n) is 14.3. The zero-order chi connectivity index (χ0) is 17.9. The van der Waals surface area contributed by atoms with Crippen LogP contribution < -0.4 is 10.1 Å². The number of rotatable bonds is 5. The second kappa shape index (κ2) is 7.78. The first-order chi connectivity index (χ1) is 12.1. The lowest BCUT2D eigenvalue weighted by Crippen LogP contribution is -2.48. The van der Waals surface area contributed by atoms with E-state index in [0.29, 0.717) is 30.3 Å². The Labute approximate surface area is 153 Å². The Morgan fingerprint density at radius 2 is 1.88 bits per heavy atom. The van der Waals surface area contributed by atoms with Gasteiger partial charge in [-0.15, -0.1) is 11.8 Å². The van der Waals surface area contributed by atoms with E-state index in [9.17, 15) is 8.42 Å². The van der Waals surface area contributed by atoms with Crippen molar-refractivity contribution >= 4 is 21.8 Å². The average molecular weight is 379 g/mol. The Hall–Kier alpha value is -1.54. The van der Waals surface area contributed by atoms with Crippen LogP contribution in [0.4, 0.5) is 0 Å². The molecule has 134 valence electrons. The number of piperazine rings is 1. The van der Waals surface area contributed by atoms with Gasteiger partial charge in [-0.1, -0.05) is 18.2 Å². The van der Waals surface area contributed by atoms with Gasteiger partial charge in [0.1, 0.15) is 5.75 Å². The van der Waals surface area contributed by atoms with Crippen LogP contribution in [0.5, 0.6) is 5.75 Å². The molecule has 1 atom stereocenters. The molecule has 0 spiro atoms. The lowest BCUT2D eigenvalue weighted by Gasteiger charge is -2.36. The van der Waals surface area contributed by atoms with E-state index in [-0.39, 0.29) is 6.04 Å². The van der Waals surface area contributed by atoms with Crippen molar-refractivity contribution in [2.75, 3.05) is 33.0 Å². The van der Waals surface area contributed by atoms with Crippen LogP contribution >= 0.6 is 11.8 Å². The third kappa shape index (κ3) is 3.69. The van der Waals surface area contributed by atoms with Crippen LogP contribution in [0.25, 0.3) is 0 Å². The summed E-state index contributed by atoms with van der Waals surface area (Å²) in [6.07, 6.45) is 1.97. The van der Waals surface area contributed by atoms with Crippen LogP contribution in [0.1, 0.15) is 11.6 Å². The number of para-hydroxylation sites is 1. The van der Waals surface area contributed by atoms with E-state index in [1.54, 1.807) is 35.3 Å². The Morgan fingerprint density at radius 1 is 1.16 bits per heavy atom. The lowest BCUT2D eigenvalue weighted by atomic mass is 10.0. The van der Waals surface area contributed by atoms with Crippen molar-refractivity contribution in [1.82, 2.24) is 9.62 Å². The number of nitrogens with one attached hydrogen (secondary N) is 1. The maximum absolute atomic E-state index is 13.2. The van der Waals surface area contributed by atoms with E-state index in [1.807, 2.05) is 42.7 Å². The number of nitrogens with zero attached hydrogens (tertiary/aromatic N) is 1. The van der Waals surface area contributed by atoms with Crippen molar-refractivity contribution in [3.63, 3.8) is 0 Å². The Balaban J connectivity index is 1.99. The van der Waals surface area contributed by atoms with Gasteiger partial charge < -0.3 is 10.1 Å². The van der Waals surface area contributed by atoms with Crippen LogP contribution in [0.3, 0.4) is 0 Å². The summed E-state index contributed by atoms with van der Waals surface area (Å²) < 4.78 is 33.5. The molecule has 1 unspecified atom stereocenters. The summed E-state index contributed by atoms with van der Waals surface area (Å²) >= 11 is 1.59. The third-order valence-corrected chi connectivity index (χ3v) is 7.02. The number of hydrogen-bond acceptors (Lipinski definition) is 5. The fourth-order valence-electron chi connectivity index (χ4n) is 3.06. The average Bonchev–Trinajstić information content (AvgIpc) is 2.68. The van der Waals surface area contributed by atoms with E-state index in [0.717, 1.165) is 10.5 Å². The first kappa shape index (κ1) is 18.3. The molecule has 0 radical (unpaired) electrons. The molecule has 0 amide bonds. The molecule has 25 heavy (non-hydrogen) atoms. The SMILES string of the molecule is COc1ccccc1C1CNCCN1S(=O)(=O)c1ccc(SC)cc1. The van der Waals surface area contributed by atoms with Crippen LogP contribution in [-0.4, -0.2) is 45.7 Å². The zero-order valence-corrected chi connectivity index (χ0v) is 15.9. The van der Waals surface area contributed by atoms with Gasteiger partial charge in [0.25, 0.3) is 0 Å². The Bertz CT molecular complexity index is 822. The molecule has 1 aliphatic rings. The first-order valence-electron chi connectivity index (χ1n) is 8.07. The largest absolute Gasteiger partial charge is 0.496 e. The van der Waals surface area contributed by atoms with Crippen molar-refractivity contribution in [3.8, 4) is 5.75 Å². The smallest absolute Gasteiger partial charge is 0.243 e. The number of sulfonamides is 1. The molecule has 1 saturated heterocycles. The highest BCUT2D eigenvalue weighted by Gasteiger charge is 2.35. The molecule has 1 aliphatic heterocycles. The molecular formula is C18H22N2O3S2. The van der Waals surface area contributed by atoms with Crippen LogP contribution in [0, 0.1) is 0 Å². The van der Waals surface area contributed by atoms with Crippen molar-refractivity contribution in [1.29, 1.82) is 0 Å². The normalized spacial score (nSPS) is 18.9. The molecule has 7 heteroatoms. The van der Waals surface area contributed by atoms with Gasteiger partial charge >= 0.3 is 0 Å². The van der Waals surface area contributed by atoms with Gasteiger partial charge in [0.2, 0.25) is 10.0 Å². The number of benzene rings is 2. The molecule has 2 aromatic carbocycles. The van der Waals surface area contributed by atoms with Crippen molar-refractivity contribution < 1.29 is 13.2 Å². The lowest BCUT2D eigenvalue weighted by molar-refractivity contribution is 0.264. The summed E-state index contributed by atoms with van der Waals surface area (Å²) in [7, 11) is -1.97. The van der Waals surface area contributed by atoms with Crippen LogP contribution in [0.2, 0.25) is 0 Å². The highest BCUT2D eigenvalue weighted by atomic mass is 32.2. The van der Waals surface area contributed by atoms with Crippen molar-refractivity contribution in [2.45, 2.75) is 15.8 Å². The molecule has 3 rings (SSSR count). The maximum Gasteiger partial charge on any atom is 0.243 e. The summed E-state index contributed by atoms with van der Waals surface area (Å²) in [4.78, 5) is 1.37. The van der Waals surface area contributed by atoms with E-state index < -0.39 is 10.0 Å². The second-order valence-corrected chi connectivity index (χ2v) is 8.52. The minimum absolute atomic E-state index is 0.296. The molecule has 5 nitrogen and oxygen atoms in total. The van der Waals surface area contributed by atoms with E-state index in [1.165, 1.54) is 0 Å². The standard InChI is InChI=1S/C18H22N2O3S2/c1-23-18-6-4-3-5-16(18)17-13-19-11-12-20(17)25(21,22)15-9-7-14(24-2)8-10-15/h3-10,17,19H,11-13H2,1-2H3. The highest BCUT2D eigenvalue weighted by molar-refractivity contribution is 7.98. The second-order valence-electron chi connectivity index (χ2n) is 5.75. The predicted molar refractivity (Wildman–Crippen MR) is 101 cm³/mol. The van der Waals surface area contributed by atoms with Gasteiger partial charge in [-0.05, 0) is 36.6 Å².